The van der Waals surface area contributed by atoms with Gasteiger partial charge in [0.1, 0.15) is 5.75 Å². The third-order valence-corrected chi connectivity index (χ3v) is 6.56. The number of phenolic OH excluding ortho intramolecular Hbond substituents is 1. The minimum atomic E-state index is -1.10. The van der Waals surface area contributed by atoms with Crippen molar-refractivity contribution in [3.05, 3.63) is 107 Å². The van der Waals surface area contributed by atoms with E-state index in [-0.39, 0.29) is 11.7 Å². The minimum absolute atomic E-state index is 0.145. The standard InChI is InChI=1S/C25H17N3O2S/c29-18-12-10-17(11-13-18)22-15-31-24-27-25(19-8-4-5-9-20(19)26-23(25)30)14-21(28(22)24)16-6-2-1-3-7-16/h1-15,29H,(H,26,30). The molecule has 2 N–H and O–H groups in total. The lowest BCUT2D eigenvalue weighted by molar-refractivity contribution is -0.119. The summed E-state index contributed by atoms with van der Waals surface area (Å²) in [5.41, 5.74) is 4.38. The first-order valence-electron chi connectivity index (χ1n) is 9.91. The van der Waals surface area contributed by atoms with Gasteiger partial charge in [-0.3, -0.25) is 9.69 Å². The molecule has 1 atom stereocenters. The Morgan fingerprint density at radius 3 is 2.39 bits per heavy atom. The number of carbonyl (C=O) groups excluding carboxylic acids is 1. The summed E-state index contributed by atoms with van der Waals surface area (Å²) in [5, 5.41) is 15.5. The fourth-order valence-electron chi connectivity index (χ4n) is 4.24. The molecule has 3 aromatic rings. The number of hydrogen-bond donors (Lipinski definition) is 2. The molecule has 1 spiro atoms. The van der Waals surface area contributed by atoms with E-state index in [0.29, 0.717) is 0 Å². The maximum absolute atomic E-state index is 13.2. The minimum Gasteiger partial charge on any atom is -0.508 e. The van der Waals surface area contributed by atoms with E-state index in [2.05, 4.69) is 10.2 Å². The Morgan fingerprint density at radius 1 is 0.871 bits per heavy atom. The number of aliphatic imine (C=N–C) groups is 1. The number of carbonyl (C=O) groups is 1. The van der Waals surface area contributed by atoms with Gasteiger partial charge < -0.3 is 10.4 Å². The van der Waals surface area contributed by atoms with Crippen molar-refractivity contribution in [2.75, 3.05) is 5.32 Å². The molecule has 0 aliphatic carbocycles. The number of anilines is 1. The van der Waals surface area contributed by atoms with Gasteiger partial charge in [-0.1, -0.05) is 60.3 Å². The van der Waals surface area contributed by atoms with Crippen LogP contribution in [0, 0.1) is 0 Å². The van der Waals surface area contributed by atoms with E-state index >= 15 is 0 Å². The number of aromatic hydroxyl groups is 1. The van der Waals surface area contributed by atoms with E-state index in [9.17, 15) is 9.90 Å². The molecule has 6 rings (SSSR count). The van der Waals surface area contributed by atoms with Crippen molar-refractivity contribution in [2.24, 2.45) is 4.99 Å². The fourth-order valence-corrected chi connectivity index (χ4v) is 5.20. The summed E-state index contributed by atoms with van der Waals surface area (Å²) < 4.78 is 0. The summed E-state index contributed by atoms with van der Waals surface area (Å²) in [5.74, 6) is 0.0764. The molecule has 1 unspecified atom stereocenters. The molecule has 0 saturated heterocycles. The zero-order valence-electron chi connectivity index (χ0n) is 16.3. The fraction of sp³-hybridized carbons (Fsp3) is 0.0400. The molecule has 0 saturated carbocycles. The van der Waals surface area contributed by atoms with Crippen LogP contribution >= 0.6 is 11.8 Å². The van der Waals surface area contributed by atoms with Crippen LogP contribution in [0.15, 0.2) is 95.3 Å². The Morgan fingerprint density at radius 2 is 1.58 bits per heavy atom. The SMILES string of the molecule is O=C1Nc2ccccc2C12C=C(c1ccccc1)N1C(c3ccc(O)cc3)=CSC1=N2. The lowest BCUT2D eigenvalue weighted by Crippen LogP contribution is -2.38. The molecule has 150 valence electrons. The van der Waals surface area contributed by atoms with Crippen molar-refractivity contribution in [3.8, 4) is 5.75 Å². The van der Waals surface area contributed by atoms with Crippen molar-refractivity contribution < 1.29 is 9.90 Å². The molecule has 3 aromatic carbocycles. The number of nitrogens with zero attached hydrogens (tertiary/aromatic N) is 2. The van der Waals surface area contributed by atoms with Crippen molar-refractivity contribution in [2.45, 2.75) is 5.54 Å². The molecule has 5 nitrogen and oxygen atoms in total. The lowest BCUT2D eigenvalue weighted by atomic mass is 9.88. The highest BCUT2D eigenvalue weighted by atomic mass is 32.2. The molecular formula is C25H17N3O2S. The number of rotatable bonds is 2. The number of nitrogens with one attached hydrogen (secondary N) is 1. The monoisotopic (exact) mass is 423 g/mol. The van der Waals surface area contributed by atoms with E-state index in [4.69, 9.17) is 4.99 Å². The van der Waals surface area contributed by atoms with Gasteiger partial charge in [-0.25, -0.2) is 4.99 Å². The molecule has 6 heteroatoms. The number of amidine groups is 1. The van der Waals surface area contributed by atoms with Gasteiger partial charge in [0.2, 0.25) is 0 Å². The quantitative estimate of drug-likeness (QED) is 0.609. The van der Waals surface area contributed by atoms with Crippen LogP contribution < -0.4 is 5.32 Å². The molecule has 3 aliphatic rings. The topological polar surface area (TPSA) is 64.9 Å². The van der Waals surface area contributed by atoms with Crippen LogP contribution in [0.25, 0.3) is 11.4 Å². The summed E-state index contributed by atoms with van der Waals surface area (Å²) in [4.78, 5) is 20.3. The predicted octanol–water partition coefficient (Wildman–Crippen LogP) is 5.00. The van der Waals surface area contributed by atoms with Crippen LogP contribution in [0.3, 0.4) is 0 Å². The number of thioether (sulfide) groups is 1. The zero-order chi connectivity index (χ0) is 21.0. The van der Waals surface area contributed by atoms with Crippen LogP contribution in [0.5, 0.6) is 5.75 Å². The Bertz CT molecular complexity index is 1310. The van der Waals surface area contributed by atoms with E-state index in [1.54, 1.807) is 12.1 Å². The Labute approximate surface area is 183 Å². The molecule has 3 heterocycles. The van der Waals surface area contributed by atoms with Gasteiger partial charge in [-0.05, 0) is 47.5 Å². The number of hydrogen-bond acceptors (Lipinski definition) is 5. The summed E-state index contributed by atoms with van der Waals surface area (Å²) >= 11 is 1.50. The van der Waals surface area contributed by atoms with Crippen LogP contribution in [-0.4, -0.2) is 21.1 Å². The van der Waals surface area contributed by atoms with Crippen LogP contribution in [0.1, 0.15) is 16.7 Å². The summed E-state index contributed by atoms with van der Waals surface area (Å²) in [7, 11) is 0. The van der Waals surface area contributed by atoms with Gasteiger partial charge in [0.25, 0.3) is 5.91 Å². The molecule has 0 fully saturated rings. The second kappa shape index (κ2) is 6.62. The number of phenols is 1. The van der Waals surface area contributed by atoms with Gasteiger partial charge in [0.05, 0.1) is 11.4 Å². The van der Waals surface area contributed by atoms with E-state index in [1.165, 1.54) is 11.8 Å². The highest BCUT2D eigenvalue weighted by Crippen LogP contribution is 2.50. The number of benzene rings is 3. The average Bonchev–Trinajstić information content (AvgIpc) is 3.34. The van der Waals surface area contributed by atoms with Gasteiger partial charge in [-0.2, -0.15) is 0 Å². The molecule has 0 bridgehead atoms. The Kier molecular flexibility index (Phi) is 3.85. The maximum Gasteiger partial charge on any atom is 0.261 e. The molecule has 31 heavy (non-hydrogen) atoms. The van der Waals surface area contributed by atoms with Crippen molar-refractivity contribution >= 4 is 39.9 Å². The van der Waals surface area contributed by atoms with Crippen LogP contribution in [0.2, 0.25) is 0 Å². The van der Waals surface area contributed by atoms with Crippen molar-refractivity contribution in [1.29, 1.82) is 0 Å². The van der Waals surface area contributed by atoms with Gasteiger partial charge in [0, 0.05) is 16.7 Å². The van der Waals surface area contributed by atoms with E-state index in [1.807, 2.05) is 78.2 Å². The van der Waals surface area contributed by atoms with Crippen molar-refractivity contribution in [1.82, 2.24) is 4.90 Å². The molecular weight excluding hydrogens is 406 g/mol. The van der Waals surface area contributed by atoms with Crippen LogP contribution in [0.4, 0.5) is 5.69 Å². The normalized spacial score (nSPS) is 21.2. The summed E-state index contributed by atoms with van der Waals surface area (Å²) in [6, 6.07) is 24.9. The second-order valence-corrected chi connectivity index (χ2v) is 8.40. The van der Waals surface area contributed by atoms with E-state index in [0.717, 1.165) is 38.9 Å². The summed E-state index contributed by atoms with van der Waals surface area (Å²) in [6.45, 7) is 0. The van der Waals surface area contributed by atoms with Gasteiger partial charge in [0.15, 0.2) is 10.7 Å². The predicted molar refractivity (Wildman–Crippen MR) is 124 cm³/mol. The molecule has 0 aromatic heterocycles. The molecule has 3 aliphatic heterocycles. The largest absolute Gasteiger partial charge is 0.508 e. The zero-order valence-corrected chi connectivity index (χ0v) is 17.1. The van der Waals surface area contributed by atoms with Gasteiger partial charge >= 0.3 is 0 Å². The maximum atomic E-state index is 13.2. The first-order valence-corrected chi connectivity index (χ1v) is 10.8. The smallest absolute Gasteiger partial charge is 0.261 e. The third-order valence-electron chi connectivity index (χ3n) is 5.73. The van der Waals surface area contributed by atoms with Gasteiger partial charge in [-0.15, -0.1) is 0 Å². The molecule has 0 radical (unpaired) electrons. The number of amides is 1. The first kappa shape index (κ1) is 18.0. The number of para-hydroxylation sites is 1. The van der Waals surface area contributed by atoms with Crippen molar-refractivity contribution in [3.63, 3.8) is 0 Å². The Balaban J connectivity index is 1.56. The van der Waals surface area contributed by atoms with Crippen LogP contribution in [-0.2, 0) is 10.3 Å². The molecule has 1 amide bonds. The number of fused-ring (bicyclic) bond motifs is 3. The van der Waals surface area contributed by atoms with E-state index < -0.39 is 5.54 Å². The summed E-state index contributed by atoms with van der Waals surface area (Å²) in [6.07, 6.45) is 1.97. The highest BCUT2D eigenvalue weighted by molar-refractivity contribution is 8.16. The lowest BCUT2D eigenvalue weighted by Gasteiger charge is -2.34. The third kappa shape index (κ3) is 2.65. The first-order chi connectivity index (χ1) is 15.2. The Hall–Kier alpha value is -3.77. The average molecular weight is 423 g/mol. The highest BCUT2D eigenvalue weighted by Gasteiger charge is 2.50. The second-order valence-electron chi connectivity index (χ2n) is 7.56.